The van der Waals surface area contributed by atoms with Crippen LogP contribution in [-0.4, -0.2) is 16.5 Å². The van der Waals surface area contributed by atoms with E-state index in [4.69, 9.17) is 33.7 Å². The van der Waals surface area contributed by atoms with Gasteiger partial charge in [-0.05, 0) is 11.6 Å². The lowest BCUT2D eigenvalue weighted by Crippen LogP contribution is -2.27. The summed E-state index contributed by atoms with van der Waals surface area (Å²) < 4.78 is 6.32. The Balaban J connectivity index is 2.01. The smallest absolute Gasteiger partial charge is 0.257 e. The number of aromatic nitrogens is 2. The highest BCUT2D eigenvalue weighted by atomic mass is 35.5. The van der Waals surface area contributed by atoms with Gasteiger partial charge in [0, 0.05) is 6.54 Å². The van der Waals surface area contributed by atoms with Gasteiger partial charge in [-0.2, -0.15) is 5.26 Å². The van der Waals surface area contributed by atoms with Crippen molar-refractivity contribution in [3.63, 3.8) is 0 Å². The topological polar surface area (TPSA) is 117 Å². The molecule has 2 aromatic heterocycles. The van der Waals surface area contributed by atoms with Gasteiger partial charge < -0.3 is 20.8 Å². The highest BCUT2D eigenvalue weighted by Crippen LogP contribution is 2.47. The van der Waals surface area contributed by atoms with Crippen molar-refractivity contribution in [1.82, 2.24) is 9.97 Å². The Kier molecular flexibility index (Phi) is 4.96. The number of anilines is 1. The Morgan fingerprint density at radius 3 is 3.00 bits per heavy atom. The van der Waals surface area contributed by atoms with E-state index in [1.807, 2.05) is 6.07 Å². The Bertz CT molecular complexity index is 1290. The van der Waals surface area contributed by atoms with Crippen LogP contribution in [0, 0.1) is 11.3 Å². The van der Waals surface area contributed by atoms with Crippen molar-refractivity contribution in [2.75, 3.05) is 11.9 Å². The molecule has 0 saturated heterocycles. The molecule has 29 heavy (non-hydrogen) atoms. The monoisotopic (exact) mass is 445 g/mol. The molecule has 0 fully saturated rings. The van der Waals surface area contributed by atoms with Gasteiger partial charge in [-0.15, -0.1) is 6.58 Å². The van der Waals surface area contributed by atoms with Crippen LogP contribution in [0.25, 0.3) is 10.3 Å². The van der Waals surface area contributed by atoms with Gasteiger partial charge in [0.1, 0.15) is 16.3 Å². The molecule has 0 amide bonds. The van der Waals surface area contributed by atoms with E-state index in [0.717, 1.165) is 0 Å². The van der Waals surface area contributed by atoms with Crippen molar-refractivity contribution in [2.24, 2.45) is 5.73 Å². The second kappa shape index (κ2) is 7.44. The summed E-state index contributed by atoms with van der Waals surface area (Å²) in [6, 6.07) is 7.06. The van der Waals surface area contributed by atoms with Crippen LogP contribution in [0.2, 0.25) is 10.0 Å². The van der Waals surface area contributed by atoms with Gasteiger partial charge in [0.05, 0.1) is 21.5 Å². The number of allylic oxidation sites excluding steroid dienone is 1. The molecule has 0 radical (unpaired) electrons. The van der Waals surface area contributed by atoms with E-state index in [1.165, 1.54) is 11.3 Å². The summed E-state index contributed by atoms with van der Waals surface area (Å²) >= 11 is 13.9. The number of nitriles is 1. The summed E-state index contributed by atoms with van der Waals surface area (Å²) in [6.07, 6.45) is 1.69. The second-order valence-electron chi connectivity index (χ2n) is 6.13. The maximum atomic E-state index is 13.0. The first-order valence-electron chi connectivity index (χ1n) is 8.39. The van der Waals surface area contributed by atoms with Crippen LogP contribution in [0.3, 0.4) is 0 Å². The van der Waals surface area contributed by atoms with Crippen LogP contribution in [0.4, 0.5) is 5.13 Å². The molecular formula is C19H13Cl2N5O2S. The molecule has 1 unspecified atom stereocenters. The van der Waals surface area contributed by atoms with Gasteiger partial charge in [0.15, 0.2) is 16.5 Å². The van der Waals surface area contributed by atoms with Gasteiger partial charge in [0.25, 0.3) is 5.56 Å². The number of pyridine rings is 1. The van der Waals surface area contributed by atoms with Crippen molar-refractivity contribution in [1.29, 1.82) is 5.26 Å². The zero-order chi connectivity index (χ0) is 20.7. The van der Waals surface area contributed by atoms with Crippen LogP contribution < -0.4 is 21.3 Å². The number of hydrogen-bond acceptors (Lipinski definition) is 7. The number of aromatic amines is 1. The minimum atomic E-state index is -0.824. The van der Waals surface area contributed by atoms with E-state index in [2.05, 4.69) is 21.9 Å². The lowest BCUT2D eigenvalue weighted by atomic mass is 9.84. The Morgan fingerprint density at radius 1 is 1.48 bits per heavy atom. The Labute approximate surface area is 179 Å². The summed E-state index contributed by atoms with van der Waals surface area (Å²) in [7, 11) is 0. The van der Waals surface area contributed by atoms with Crippen molar-refractivity contribution in [3.8, 4) is 11.8 Å². The van der Waals surface area contributed by atoms with Gasteiger partial charge >= 0.3 is 0 Å². The van der Waals surface area contributed by atoms with Crippen molar-refractivity contribution >= 4 is 50.0 Å². The number of ether oxygens (including phenoxy) is 1. The zero-order valence-corrected chi connectivity index (χ0v) is 17.1. The van der Waals surface area contributed by atoms with Gasteiger partial charge in [-0.25, -0.2) is 4.98 Å². The summed E-state index contributed by atoms with van der Waals surface area (Å²) in [5.74, 6) is -0.665. The number of hydrogen-bond donors (Lipinski definition) is 3. The molecule has 0 saturated carbocycles. The van der Waals surface area contributed by atoms with Crippen molar-refractivity contribution in [2.45, 2.75) is 5.92 Å². The van der Waals surface area contributed by atoms with Crippen LogP contribution in [0.5, 0.6) is 5.75 Å². The molecule has 0 spiro atoms. The molecule has 146 valence electrons. The largest absolute Gasteiger partial charge is 0.438 e. The zero-order valence-electron chi connectivity index (χ0n) is 14.8. The highest BCUT2D eigenvalue weighted by Gasteiger charge is 2.36. The van der Waals surface area contributed by atoms with Crippen LogP contribution in [-0.2, 0) is 0 Å². The summed E-state index contributed by atoms with van der Waals surface area (Å²) in [5.41, 5.74) is 6.76. The summed E-state index contributed by atoms with van der Waals surface area (Å²) in [6.45, 7) is 4.16. The Hall–Kier alpha value is -2.99. The first-order valence-corrected chi connectivity index (χ1v) is 9.96. The molecule has 1 aliphatic rings. The lowest BCUT2D eigenvalue weighted by molar-refractivity contribution is 0.397. The highest BCUT2D eigenvalue weighted by molar-refractivity contribution is 7.22. The number of fused-ring (bicyclic) bond motifs is 3. The predicted molar refractivity (Wildman–Crippen MR) is 115 cm³/mol. The standard InChI is InChI=1S/C19H13Cl2N5O2S/c1-2-6-24-19-26-17-15(29-19)14-12(18(27)25-17)11(9(7-22)16(23)28-14)8-4-3-5-10(20)13(8)21/h2-5,11H,1,6,23H2,(H2,24,25,26,27). The first kappa shape index (κ1) is 19.3. The number of nitrogens with zero attached hydrogens (tertiary/aromatic N) is 2. The number of thiazole rings is 1. The number of nitrogens with one attached hydrogen (secondary N) is 2. The van der Waals surface area contributed by atoms with Crippen molar-refractivity contribution < 1.29 is 4.74 Å². The van der Waals surface area contributed by atoms with E-state index in [-0.39, 0.29) is 27.8 Å². The second-order valence-corrected chi connectivity index (χ2v) is 7.92. The molecule has 3 heterocycles. The maximum Gasteiger partial charge on any atom is 0.257 e. The molecule has 1 atom stereocenters. The predicted octanol–water partition coefficient (Wildman–Crippen LogP) is 4.11. The molecule has 4 rings (SSSR count). The number of rotatable bonds is 4. The molecule has 10 heteroatoms. The molecule has 1 aliphatic heterocycles. The fourth-order valence-corrected chi connectivity index (χ4v) is 4.52. The minimum Gasteiger partial charge on any atom is -0.438 e. The first-order chi connectivity index (χ1) is 14.0. The van der Waals surface area contributed by atoms with Crippen LogP contribution in [0.1, 0.15) is 17.0 Å². The third-order valence-corrected chi connectivity index (χ3v) is 6.27. The van der Waals surface area contributed by atoms with Gasteiger partial charge in [0.2, 0.25) is 5.88 Å². The molecule has 1 aromatic carbocycles. The van der Waals surface area contributed by atoms with Crippen LogP contribution >= 0.6 is 34.5 Å². The summed E-state index contributed by atoms with van der Waals surface area (Å²) in [5, 5.41) is 13.9. The van der Waals surface area contributed by atoms with Gasteiger partial charge in [-0.3, -0.25) is 4.79 Å². The normalized spacial score (nSPS) is 15.6. The van der Waals surface area contributed by atoms with E-state index in [9.17, 15) is 10.1 Å². The van der Waals surface area contributed by atoms with E-state index >= 15 is 0 Å². The average molecular weight is 446 g/mol. The number of halogens is 2. The van der Waals surface area contributed by atoms with Crippen LogP contribution in [0.15, 0.2) is 47.1 Å². The molecule has 4 N–H and O–H groups in total. The third-order valence-electron chi connectivity index (χ3n) is 4.42. The number of nitrogens with two attached hydrogens (primary N) is 1. The Morgan fingerprint density at radius 2 is 2.28 bits per heavy atom. The van der Waals surface area contributed by atoms with Crippen molar-refractivity contribution in [3.05, 3.63) is 73.8 Å². The molecule has 0 bridgehead atoms. The molecule has 3 aromatic rings. The fourth-order valence-electron chi connectivity index (χ4n) is 3.18. The lowest BCUT2D eigenvalue weighted by Gasteiger charge is -2.26. The number of benzene rings is 1. The van der Waals surface area contributed by atoms with E-state index in [1.54, 1.807) is 24.3 Å². The minimum absolute atomic E-state index is 0.0843. The summed E-state index contributed by atoms with van der Waals surface area (Å²) in [4.78, 5) is 20.1. The van der Waals surface area contributed by atoms with E-state index < -0.39 is 11.5 Å². The molecular weight excluding hydrogens is 433 g/mol. The quantitative estimate of drug-likeness (QED) is 0.520. The maximum absolute atomic E-state index is 13.0. The van der Waals surface area contributed by atoms with E-state index in [0.29, 0.717) is 32.6 Å². The molecule has 7 nitrogen and oxygen atoms in total. The SMILES string of the molecule is C=CCNc1nc2[nH]c(=O)c3c(c2s1)OC(N)=C(C#N)C3c1cccc(Cl)c1Cl. The fraction of sp³-hybridized carbons (Fsp3) is 0.105. The number of H-pyrrole nitrogens is 1. The third kappa shape index (κ3) is 3.13. The van der Waals surface area contributed by atoms with Gasteiger partial charge in [-0.1, -0.05) is 52.7 Å². The average Bonchev–Trinajstić information content (AvgIpc) is 3.10. The molecule has 0 aliphatic carbocycles.